The largest absolute Gasteiger partial charge is 0.496 e. The van der Waals surface area contributed by atoms with Crippen LogP contribution in [0.4, 0.5) is 0 Å². The van der Waals surface area contributed by atoms with Gasteiger partial charge in [0.05, 0.1) is 12.7 Å². The van der Waals surface area contributed by atoms with E-state index in [9.17, 15) is 4.79 Å². The van der Waals surface area contributed by atoms with Gasteiger partial charge in [0.2, 0.25) is 0 Å². The van der Waals surface area contributed by atoms with Crippen LogP contribution in [0, 0.1) is 13.8 Å². The van der Waals surface area contributed by atoms with Crippen LogP contribution in [-0.2, 0) is 0 Å². The molecule has 3 heteroatoms. The molecule has 2 rings (SSSR count). The molecule has 0 atom stereocenters. The first-order valence-electron chi connectivity index (χ1n) is 6.65. The standard InChI is InChI=1S/C18H17ClO2/c1-12-11-16(21-3)17(13(2)18(12)19)15(20)10-9-14-7-5-4-6-8-14/h4-11H,1-3H3/b10-9+. The summed E-state index contributed by atoms with van der Waals surface area (Å²) in [6.07, 6.45) is 3.33. The maximum atomic E-state index is 12.5. The molecule has 2 aromatic rings. The van der Waals surface area contributed by atoms with Gasteiger partial charge in [-0.15, -0.1) is 0 Å². The highest BCUT2D eigenvalue weighted by molar-refractivity contribution is 6.33. The zero-order valence-electron chi connectivity index (χ0n) is 12.3. The average Bonchev–Trinajstić information content (AvgIpc) is 2.51. The summed E-state index contributed by atoms with van der Waals surface area (Å²) in [5, 5.41) is 0.604. The van der Waals surface area contributed by atoms with Crippen molar-refractivity contribution in [2.24, 2.45) is 0 Å². The second-order valence-electron chi connectivity index (χ2n) is 4.82. The Kier molecular flexibility index (Phi) is 4.81. The second-order valence-corrected chi connectivity index (χ2v) is 5.20. The molecule has 0 amide bonds. The Morgan fingerprint density at radius 3 is 2.48 bits per heavy atom. The summed E-state index contributed by atoms with van der Waals surface area (Å²) in [7, 11) is 1.56. The Hall–Kier alpha value is -2.06. The van der Waals surface area contributed by atoms with Crippen molar-refractivity contribution >= 4 is 23.5 Å². The summed E-state index contributed by atoms with van der Waals surface area (Å²) >= 11 is 6.24. The topological polar surface area (TPSA) is 26.3 Å². The summed E-state index contributed by atoms with van der Waals surface area (Å²) in [5.41, 5.74) is 3.13. The number of aryl methyl sites for hydroxylation is 1. The zero-order chi connectivity index (χ0) is 15.4. The summed E-state index contributed by atoms with van der Waals surface area (Å²) in [6.45, 7) is 3.73. The fourth-order valence-electron chi connectivity index (χ4n) is 2.21. The number of hydrogen-bond acceptors (Lipinski definition) is 2. The van der Waals surface area contributed by atoms with Gasteiger partial charge in [-0.3, -0.25) is 4.79 Å². The first-order chi connectivity index (χ1) is 10.0. The minimum Gasteiger partial charge on any atom is -0.496 e. The van der Waals surface area contributed by atoms with Crippen molar-refractivity contribution in [1.82, 2.24) is 0 Å². The fraction of sp³-hybridized carbons (Fsp3) is 0.167. The molecule has 0 spiro atoms. The van der Waals surface area contributed by atoms with Crippen molar-refractivity contribution in [2.75, 3.05) is 7.11 Å². The number of rotatable bonds is 4. The third-order valence-corrected chi connectivity index (χ3v) is 3.92. The maximum absolute atomic E-state index is 12.5. The van der Waals surface area contributed by atoms with E-state index in [0.717, 1.165) is 16.7 Å². The third-order valence-electron chi connectivity index (χ3n) is 3.34. The van der Waals surface area contributed by atoms with Crippen LogP contribution in [0.2, 0.25) is 5.02 Å². The molecule has 0 radical (unpaired) electrons. The molecule has 0 aliphatic carbocycles. The summed E-state index contributed by atoms with van der Waals surface area (Å²) < 4.78 is 5.32. The van der Waals surface area contributed by atoms with Gasteiger partial charge in [0.1, 0.15) is 5.75 Å². The highest BCUT2D eigenvalue weighted by atomic mass is 35.5. The number of carbonyl (C=O) groups excluding carboxylic acids is 1. The Balaban J connectivity index is 2.40. The van der Waals surface area contributed by atoms with Crippen LogP contribution in [0.1, 0.15) is 27.0 Å². The molecule has 0 aliphatic heterocycles. The first-order valence-corrected chi connectivity index (χ1v) is 7.03. The van der Waals surface area contributed by atoms with Crippen LogP contribution in [-0.4, -0.2) is 12.9 Å². The van der Waals surface area contributed by atoms with Gasteiger partial charge in [-0.1, -0.05) is 48.0 Å². The molecular weight excluding hydrogens is 284 g/mol. The number of halogens is 1. The second kappa shape index (κ2) is 6.59. The highest BCUT2D eigenvalue weighted by Gasteiger charge is 2.17. The lowest BCUT2D eigenvalue weighted by molar-refractivity contribution is 0.104. The van der Waals surface area contributed by atoms with E-state index in [-0.39, 0.29) is 5.78 Å². The van der Waals surface area contributed by atoms with Gasteiger partial charge in [-0.05, 0) is 42.7 Å². The van der Waals surface area contributed by atoms with E-state index in [0.29, 0.717) is 16.3 Å². The van der Waals surface area contributed by atoms with Crippen molar-refractivity contribution in [2.45, 2.75) is 13.8 Å². The Bertz CT molecular complexity index is 688. The zero-order valence-corrected chi connectivity index (χ0v) is 13.1. The van der Waals surface area contributed by atoms with Crippen LogP contribution in [0.3, 0.4) is 0 Å². The van der Waals surface area contributed by atoms with Crippen LogP contribution in [0.25, 0.3) is 6.08 Å². The molecule has 21 heavy (non-hydrogen) atoms. The van der Waals surface area contributed by atoms with Gasteiger partial charge in [0, 0.05) is 5.02 Å². The van der Waals surface area contributed by atoms with Crippen molar-refractivity contribution in [3.63, 3.8) is 0 Å². The van der Waals surface area contributed by atoms with Gasteiger partial charge in [-0.2, -0.15) is 0 Å². The molecule has 0 saturated heterocycles. The number of methoxy groups -OCH3 is 1. The predicted molar refractivity (Wildman–Crippen MR) is 87.3 cm³/mol. The number of carbonyl (C=O) groups is 1. The molecule has 0 N–H and O–H groups in total. The molecule has 0 aromatic heterocycles. The van der Waals surface area contributed by atoms with E-state index >= 15 is 0 Å². The van der Waals surface area contributed by atoms with Crippen molar-refractivity contribution in [3.8, 4) is 5.75 Å². The van der Waals surface area contributed by atoms with Gasteiger partial charge < -0.3 is 4.74 Å². The number of ketones is 1. The van der Waals surface area contributed by atoms with Gasteiger partial charge in [0.25, 0.3) is 0 Å². The van der Waals surface area contributed by atoms with Gasteiger partial charge in [0.15, 0.2) is 5.78 Å². The monoisotopic (exact) mass is 300 g/mol. The van der Waals surface area contributed by atoms with E-state index in [2.05, 4.69) is 0 Å². The smallest absolute Gasteiger partial charge is 0.189 e. The maximum Gasteiger partial charge on any atom is 0.189 e. The van der Waals surface area contributed by atoms with E-state index in [1.54, 1.807) is 25.3 Å². The molecule has 0 unspecified atom stereocenters. The molecular formula is C18H17ClO2. The summed E-state index contributed by atoms with van der Waals surface area (Å²) in [6, 6.07) is 11.5. The molecule has 0 heterocycles. The van der Waals surface area contributed by atoms with Crippen molar-refractivity contribution in [3.05, 3.63) is 69.8 Å². The highest BCUT2D eigenvalue weighted by Crippen LogP contribution is 2.32. The average molecular weight is 301 g/mol. The minimum atomic E-state index is -0.116. The van der Waals surface area contributed by atoms with Crippen LogP contribution in [0.5, 0.6) is 5.75 Å². The number of allylic oxidation sites excluding steroid dienone is 1. The molecule has 0 aliphatic rings. The molecule has 2 nitrogen and oxygen atoms in total. The fourth-order valence-corrected chi connectivity index (χ4v) is 2.36. The quantitative estimate of drug-likeness (QED) is 0.595. The lowest BCUT2D eigenvalue weighted by atomic mass is 9.99. The Labute approximate surface area is 130 Å². The minimum absolute atomic E-state index is 0.116. The Morgan fingerprint density at radius 2 is 1.86 bits per heavy atom. The molecule has 2 aromatic carbocycles. The predicted octanol–water partition coefficient (Wildman–Crippen LogP) is 4.86. The summed E-state index contributed by atoms with van der Waals surface area (Å²) in [4.78, 5) is 12.5. The third kappa shape index (κ3) is 3.34. The van der Waals surface area contributed by atoms with Crippen LogP contribution >= 0.6 is 11.6 Å². The van der Waals surface area contributed by atoms with E-state index in [4.69, 9.17) is 16.3 Å². The van der Waals surface area contributed by atoms with Gasteiger partial charge >= 0.3 is 0 Å². The molecule has 0 fully saturated rings. The molecule has 108 valence electrons. The van der Waals surface area contributed by atoms with Gasteiger partial charge in [-0.25, -0.2) is 0 Å². The molecule has 0 bridgehead atoms. The SMILES string of the molecule is COc1cc(C)c(Cl)c(C)c1C(=O)/C=C/c1ccccc1. The number of hydrogen-bond donors (Lipinski definition) is 0. The number of ether oxygens (including phenoxy) is 1. The normalized spacial score (nSPS) is 10.9. The van der Waals surface area contributed by atoms with E-state index < -0.39 is 0 Å². The lowest BCUT2D eigenvalue weighted by Gasteiger charge is -2.12. The first kappa shape index (κ1) is 15.3. The number of benzene rings is 2. The Morgan fingerprint density at radius 1 is 1.19 bits per heavy atom. The lowest BCUT2D eigenvalue weighted by Crippen LogP contribution is -2.03. The van der Waals surface area contributed by atoms with Crippen LogP contribution < -0.4 is 4.74 Å². The van der Waals surface area contributed by atoms with Crippen molar-refractivity contribution < 1.29 is 9.53 Å². The van der Waals surface area contributed by atoms with Crippen molar-refractivity contribution in [1.29, 1.82) is 0 Å². The molecule has 0 saturated carbocycles. The van der Waals surface area contributed by atoms with E-state index in [1.807, 2.05) is 44.2 Å². The summed E-state index contributed by atoms with van der Waals surface area (Å²) in [5.74, 6) is 0.437. The van der Waals surface area contributed by atoms with E-state index in [1.165, 1.54) is 0 Å². The van der Waals surface area contributed by atoms with Crippen LogP contribution in [0.15, 0.2) is 42.5 Å².